The SMILES string of the molecule is CN1CCN(c2ccc(C#N)cc2F)CC1(C)C. The molecule has 1 saturated heterocycles. The number of hydrogen-bond acceptors (Lipinski definition) is 3. The third kappa shape index (κ3) is 2.32. The highest BCUT2D eigenvalue weighted by atomic mass is 19.1. The Balaban J connectivity index is 2.26. The maximum atomic E-state index is 14.0. The number of likely N-dealkylation sites (N-methyl/N-ethyl adjacent to an activating group) is 1. The van der Waals surface area contributed by atoms with Crippen LogP contribution in [0.25, 0.3) is 0 Å². The number of nitriles is 1. The quantitative estimate of drug-likeness (QED) is 0.762. The molecule has 0 bridgehead atoms. The first-order valence-corrected chi connectivity index (χ1v) is 6.10. The number of anilines is 1. The van der Waals surface area contributed by atoms with Crippen molar-refractivity contribution in [3.8, 4) is 6.07 Å². The molecule has 1 aliphatic heterocycles. The molecule has 0 aliphatic carbocycles. The first kappa shape index (κ1) is 12.8. The molecular weight excluding hydrogens is 229 g/mol. The summed E-state index contributed by atoms with van der Waals surface area (Å²) < 4.78 is 14.0. The fourth-order valence-corrected chi connectivity index (χ4v) is 2.28. The third-order valence-electron chi connectivity index (χ3n) is 3.73. The number of benzene rings is 1. The van der Waals surface area contributed by atoms with Gasteiger partial charge in [0, 0.05) is 25.2 Å². The van der Waals surface area contributed by atoms with Crippen molar-refractivity contribution < 1.29 is 4.39 Å². The van der Waals surface area contributed by atoms with Crippen LogP contribution in [0.5, 0.6) is 0 Å². The van der Waals surface area contributed by atoms with Gasteiger partial charge in [-0.25, -0.2) is 4.39 Å². The fourth-order valence-electron chi connectivity index (χ4n) is 2.28. The highest BCUT2D eigenvalue weighted by Gasteiger charge is 2.31. The van der Waals surface area contributed by atoms with Crippen LogP contribution in [0.3, 0.4) is 0 Å². The van der Waals surface area contributed by atoms with Crippen molar-refractivity contribution in [1.29, 1.82) is 5.26 Å². The number of piperazine rings is 1. The van der Waals surface area contributed by atoms with Crippen molar-refractivity contribution in [2.45, 2.75) is 19.4 Å². The predicted molar refractivity (Wildman–Crippen MR) is 70.0 cm³/mol. The van der Waals surface area contributed by atoms with Crippen LogP contribution >= 0.6 is 0 Å². The summed E-state index contributed by atoms with van der Waals surface area (Å²) in [5, 5.41) is 8.74. The van der Waals surface area contributed by atoms with Crippen molar-refractivity contribution in [3.05, 3.63) is 29.6 Å². The highest BCUT2D eigenvalue weighted by Crippen LogP contribution is 2.26. The second-order valence-electron chi connectivity index (χ2n) is 5.43. The van der Waals surface area contributed by atoms with Gasteiger partial charge in [-0.3, -0.25) is 4.90 Å². The van der Waals surface area contributed by atoms with Crippen molar-refractivity contribution >= 4 is 5.69 Å². The number of nitrogens with zero attached hydrogens (tertiary/aromatic N) is 3. The Morgan fingerprint density at radius 2 is 2.06 bits per heavy atom. The minimum atomic E-state index is -0.311. The molecule has 0 atom stereocenters. The van der Waals surface area contributed by atoms with E-state index in [-0.39, 0.29) is 11.4 Å². The molecule has 0 N–H and O–H groups in total. The summed E-state index contributed by atoms with van der Waals surface area (Å²) in [6, 6.07) is 6.63. The van der Waals surface area contributed by atoms with E-state index in [4.69, 9.17) is 5.26 Å². The molecule has 1 aromatic rings. The molecule has 1 aliphatic rings. The van der Waals surface area contributed by atoms with Crippen molar-refractivity contribution in [1.82, 2.24) is 4.90 Å². The molecule has 0 radical (unpaired) electrons. The minimum absolute atomic E-state index is 0.0264. The van der Waals surface area contributed by atoms with Crippen LogP contribution in [0.4, 0.5) is 10.1 Å². The summed E-state index contributed by atoms with van der Waals surface area (Å²) in [6.07, 6.45) is 0. The third-order valence-corrected chi connectivity index (χ3v) is 3.73. The fraction of sp³-hybridized carbons (Fsp3) is 0.500. The lowest BCUT2D eigenvalue weighted by Crippen LogP contribution is -2.57. The van der Waals surface area contributed by atoms with Gasteiger partial charge < -0.3 is 4.90 Å². The van der Waals surface area contributed by atoms with Gasteiger partial charge in [0.25, 0.3) is 0 Å². The predicted octanol–water partition coefficient (Wildman–Crippen LogP) is 2.23. The molecule has 0 aromatic heterocycles. The van der Waals surface area contributed by atoms with Crippen molar-refractivity contribution in [2.24, 2.45) is 0 Å². The summed E-state index contributed by atoms with van der Waals surface area (Å²) in [4.78, 5) is 4.33. The Hall–Kier alpha value is -1.60. The minimum Gasteiger partial charge on any atom is -0.366 e. The van der Waals surface area contributed by atoms with Gasteiger partial charge in [-0.15, -0.1) is 0 Å². The molecule has 96 valence electrons. The van der Waals surface area contributed by atoms with E-state index in [0.717, 1.165) is 19.6 Å². The van der Waals surface area contributed by atoms with Crippen LogP contribution in [0.1, 0.15) is 19.4 Å². The van der Waals surface area contributed by atoms with Gasteiger partial charge >= 0.3 is 0 Å². The maximum Gasteiger partial charge on any atom is 0.147 e. The average Bonchev–Trinajstić information content (AvgIpc) is 2.32. The zero-order chi connectivity index (χ0) is 13.3. The van der Waals surface area contributed by atoms with E-state index in [0.29, 0.717) is 11.3 Å². The van der Waals surface area contributed by atoms with Crippen molar-refractivity contribution in [2.75, 3.05) is 31.6 Å². The molecule has 1 aromatic carbocycles. The highest BCUT2D eigenvalue weighted by molar-refractivity contribution is 5.52. The zero-order valence-electron chi connectivity index (χ0n) is 11.1. The Bertz CT molecular complexity index is 490. The van der Waals surface area contributed by atoms with Gasteiger partial charge in [0.05, 0.1) is 17.3 Å². The molecule has 0 unspecified atom stereocenters. The number of halogens is 1. The van der Waals surface area contributed by atoms with E-state index in [1.807, 2.05) is 6.07 Å². The number of rotatable bonds is 1. The van der Waals surface area contributed by atoms with Gasteiger partial charge in [0.1, 0.15) is 5.82 Å². The van der Waals surface area contributed by atoms with Gasteiger partial charge in [-0.1, -0.05) is 0 Å². The summed E-state index contributed by atoms with van der Waals surface area (Å²) in [6.45, 7) is 6.81. The number of hydrogen-bond donors (Lipinski definition) is 0. The van der Waals surface area contributed by atoms with E-state index >= 15 is 0 Å². The second-order valence-corrected chi connectivity index (χ2v) is 5.43. The molecular formula is C14H18FN3. The first-order valence-electron chi connectivity index (χ1n) is 6.10. The van der Waals surface area contributed by atoms with E-state index in [9.17, 15) is 4.39 Å². The van der Waals surface area contributed by atoms with Crippen LogP contribution in [-0.4, -0.2) is 37.1 Å². The van der Waals surface area contributed by atoms with Crippen LogP contribution in [0.2, 0.25) is 0 Å². The smallest absolute Gasteiger partial charge is 0.147 e. The molecule has 18 heavy (non-hydrogen) atoms. The zero-order valence-corrected chi connectivity index (χ0v) is 11.1. The largest absolute Gasteiger partial charge is 0.366 e. The van der Waals surface area contributed by atoms with E-state index in [2.05, 4.69) is 30.7 Å². The van der Waals surface area contributed by atoms with Crippen LogP contribution in [0, 0.1) is 17.1 Å². The van der Waals surface area contributed by atoms with Gasteiger partial charge in [-0.05, 0) is 39.1 Å². The summed E-state index contributed by atoms with van der Waals surface area (Å²) in [5.41, 5.74) is 0.985. The van der Waals surface area contributed by atoms with Crippen molar-refractivity contribution in [3.63, 3.8) is 0 Å². The molecule has 2 rings (SSSR count). The summed E-state index contributed by atoms with van der Waals surface area (Å²) >= 11 is 0. The lowest BCUT2D eigenvalue weighted by Gasteiger charge is -2.46. The van der Waals surface area contributed by atoms with Crippen LogP contribution in [0.15, 0.2) is 18.2 Å². The monoisotopic (exact) mass is 247 g/mol. The van der Waals surface area contributed by atoms with Gasteiger partial charge in [0.2, 0.25) is 0 Å². The van der Waals surface area contributed by atoms with Crippen LogP contribution < -0.4 is 4.90 Å². The van der Waals surface area contributed by atoms with E-state index < -0.39 is 0 Å². The normalized spacial score (nSPS) is 19.6. The Morgan fingerprint density at radius 1 is 1.33 bits per heavy atom. The molecule has 0 amide bonds. The van der Waals surface area contributed by atoms with Gasteiger partial charge in [-0.2, -0.15) is 5.26 Å². The molecule has 0 spiro atoms. The van der Waals surface area contributed by atoms with Gasteiger partial charge in [0.15, 0.2) is 0 Å². The Labute approximate surface area is 107 Å². The lowest BCUT2D eigenvalue weighted by atomic mass is 9.99. The molecule has 0 saturated carbocycles. The summed E-state index contributed by atoms with van der Waals surface area (Å²) in [5.74, 6) is -0.311. The first-order chi connectivity index (χ1) is 8.44. The maximum absolute atomic E-state index is 14.0. The molecule has 3 nitrogen and oxygen atoms in total. The molecule has 4 heteroatoms. The Morgan fingerprint density at radius 3 is 2.61 bits per heavy atom. The summed E-state index contributed by atoms with van der Waals surface area (Å²) in [7, 11) is 2.09. The van der Waals surface area contributed by atoms with E-state index in [1.54, 1.807) is 12.1 Å². The average molecular weight is 247 g/mol. The lowest BCUT2D eigenvalue weighted by molar-refractivity contribution is 0.138. The molecule has 1 fully saturated rings. The Kier molecular flexibility index (Phi) is 3.27. The second kappa shape index (κ2) is 4.58. The van der Waals surface area contributed by atoms with Crippen LogP contribution in [-0.2, 0) is 0 Å². The topological polar surface area (TPSA) is 30.3 Å². The van der Waals surface area contributed by atoms with E-state index in [1.165, 1.54) is 6.07 Å². The standard InChI is InChI=1S/C14H18FN3/c1-14(2)10-18(7-6-17(14)3)13-5-4-11(9-16)8-12(13)15/h4-5,8H,6-7,10H2,1-3H3. The molecule has 1 heterocycles.